The zero-order valence-electron chi connectivity index (χ0n) is 11.9. The lowest BCUT2D eigenvalue weighted by atomic mass is 10.4. The van der Waals surface area contributed by atoms with Crippen LogP contribution < -0.4 is 10.0 Å². The van der Waals surface area contributed by atoms with Gasteiger partial charge in [0.25, 0.3) is 0 Å². The Morgan fingerprint density at radius 1 is 1.40 bits per heavy atom. The van der Waals surface area contributed by atoms with Gasteiger partial charge in [-0.15, -0.1) is 11.3 Å². The van der Waals surface area contributed by atoms with Crippen molar-refractivity contribution in [1.82, 2.24) is 10.0 Å². The second-order valence-electron chi connectivity index (χ2n) is 5.19. The third-order valence-electron chi connectivity index (χ3n) is 2.89. The van der Waals surface area contributed by atoms with Gasteiger partial charge in [-0.25, -0.2) is 13.1 Å². The molecule has 0 spiro atoms. The molecule has 1 aromatic heterocycles. The third kappa shape index (κ3) is 5.14. The molecule has 0 radical (unpaired) electrons. The Bertz CT molecular complexity index is 521. The van der Waals surface area contributed by atoms with Crippen LogP contribution >= 0.6 is 11.3 Å². The zero-order valence-corrected chi connectivity index (χ0v) is 13.5. The monoisotopic (exact) mass is 318 g/mol. The van der Waals surface area contributed by atoms with Gasteiger partial charge in [0.1, 0.15) is 4.21 Å². The molecule has 2 N–H and O–H groups in total. The summed E-state index contributed by atoms with van der Waals surface area (Å²) in [4.78, 5) is 1.05. The second-order valence-corrected chi connectivity index (χ2v) is 8.36. The summed E-state index contributed by atoms with van der Waals surface area (Å²) in [6.45, 7) is 5.29. The Labute approximate surface area is 124 Å². The van der Waals surface area contributed by atoms with E-state index in [1.807, 2.05) is 19.9 Å². The number of hydrogen-bond donors (Lipinski definition) is 2. The van der Waals surface area contributed by atoms with Gasteiger partial charge in [-0.1, -0.05) is 0 Å². The highest BCUT2D eigenvalue weighted by molar-refractivity contribution is 7.91. The Hall–Kier alpha value is -0.470. The maximum Gasteiger partial charge on any atom is 0.250 e. The molecular formula is C13H22N2O3S2. The quantitative estimate of drug-likeness (QED) is 0.680. The van der Waals surface area contributed by atoms with Crippen molar-refractivity contribution < 1.29 is 13.2 Å². The van der Waals surface area contributed by atoms with Gasteiger partial charge in [0.05, 0.1) is 12.7 Å². The summed E-state index contributed by atoms with van der Waals surface area (Å²) in [5, 5.41) is 3.38. The highest BCUT2D eigenvalue weighted by atomic mass is 32.2. The summed E-state index contributed by atoms with van der Waals surface area (Å²) in [6.07, 6.45) is 2.57. The van der Waals surface area contributed by atoms with Crippen LogP contribution in [-0.2, 0) is 21.3 Å². The van der Waals surface area contributed by atoms with Crippen LogP contribution in [0.3, 0.4) is 0 Å². The number of sulfonamides is 1. The standard InChI is InChI=1S/C13H22N2O3S2/c1-10(2)18-8-7-15-20(16,17)13-6-5-12(19-13)9-14-11-3-4-11/h5-6,10-11,14-15H,3-4,7-9H2,1-2H3. The lowest BCUT2D eigenvalue weighted by molar-refractivity contribution is 0.0834. The lowest BCUT2D eigenvalue weighted by Gasteiger charge is -2.08. The Morgan fingerprint density at radius 2 is 2.15 bits per heavy atom. The maximum atomic E-state index is 12.1. The van der Waals surface area contributed by atoms with E-state index in [1.165, 1.54) is 24.2 Å². The van der Waals surface area contributed by atoms with Gasteiger partial charge >= 0.3 is 0 Å². The average Bonchev–Trinajstić information content (AvgIpc) is 3.08. The average molecular weight is 318 g/mol. The maximum absolute atomic E-state index is 12.1. The molecule has 7 heteroatoms. The molecule has 0 aliphatic heterocycles. The summed E-state index contributed by atoms with van der Waals surface area (Å²) in [5.74, 6) is 0. The van der Waals surface area contributed by atoms with Crippen LogP contribution in [0.1, 0.15) is 31.6 Å². The van der Waals surface area contributed by atoms with E-state index in [4.69, 9.17) is 4.74 Å². The summed E-state index contributed by atoms with van der Waals surface area (Å²) in [5.41, 5.74) is 0. The predicted octanol–water partition coefficient (Wildman–Crippen LogP) is 1.70. The van der Waals surface area contributed by atoms with Crippen molar-refractivity contribution in [2.75, 3.05) is 13.2 Å². The van der Waals surface area contributed by atoms with E-state index in [-0.39, 0.29) is 6.10 Å². The predicted molar refractivity (Wildman–Crippen MR) is 80.5 cm³/mol. The van der Waals surface area contributed by atoms with E-state index in [9.17, 15) is 8.42 Å². The van der Waals surface area contributed by atoms with Gasteiger partial charge in [0, 0.05) is 24.0 Å². The van der Waals surface area contributed by atoms with E-state index in [2.05, 4.69) is 10.0 Å². The number of rotatable bonds is 9. The van der Waals surface area contributed by atoms with Crippen molar-refractivity contribution in [3.8, 4) is 0 Å². The van der Waals surface area contributed by atoms with Crippen LogP contribution in [0, 0.1) is 0 Å². The smallest absolute Gasteiger partial charge is 0.250 e. The van der Waals surface area contributed by atoms with E-state index in [0.29, 0.717) is 23.4 Å². The fourth-order valence-electron chi connectivity index (χ4n) is 1.67. The number of ether oxygens (including phenoxy) is 1. The van der Waals surface area contributed by atoms with E-state index in [1.54, 1.807) is 6.07 Å². The molecule has 0 atom stereocenters. The molecular weight excluding hydrogens is 296 g/mol. The van der Waals surface area contributed by atoms with Crippen LogP contribution in [0.5, 0.6) is 0 Å². The van der Waals surface area contributed by atoms with Crippen LogP contribution in [0.4, 0.5) is 0 Å². The highest BCUT2D eigenvalue weighted by Gasteiger charge is 2.21. The van der Waals surface area contributed by atoms with E-state index >= 15 is 0 Å². The first kappa shape index (κ1) is 15.9. The molecule has 114 valence electrons. The van der Waals surface area contributed by atoms with Crippen molar-refractivity contribution in [2.24, 2.45) is 0 Å². The topological polar surface area (TPSA) is 67.4 Å². The summed E-state index contributed by atoms with van der Waals surface area (Å²) in [6, 6.07) is 4.17. The highest BCUT2D eigenvalue weighted by Crippen LogP contribution is 2.24. The molecule has 2 rings (SSSR count). The van der Waals surface area contributed by atoms with E-state index in [0.717, 1.165) is 11.4 Å². The van der Waals surface area contributed by atoms with Gasteiger partial charge < -0.3 is 10.1 Å². The molecule has 1 heterocycles. The van der Waals surface area contributed by atoms with Crippen LogP contribution in [0.2, 0.25) is 0 Å². The van der Waals surface area contributed by atoms with Crippen molar-refractivity contribution in [2.45, 2.75) is 49.6 Å². The first-order valence-electron chi connectivity index (χ1n) is 6.91. The van der Waals surface area contributed by atoms with Crippen molar-refractivity contribution in [3.63, 3.8) is 0 Å². The van der Waals surface area contributed by atoms with Crippen molar-refractivity contribution in [1.29, 1.82) is 0 Å². The lowest BCUT2D eigenvalue weighted by Crippen LogP contribution is -2.27. The van der Waals surface area contributed by atoms with Gasteiger partial charge in [0.15, 0.2) is 0 Å². The minimum absolute atomic E-state index is 0.112. The van der Waals surface area contributed by atoms with Crippen LogP contribution in [0.25, 0.3) is 0 Å². The van der Waals surface area contributed by atoms with Gasteiger partial charge in [-0.2, -0.15) is 0 Å². The molecule has 1 fully saturated rings. The largest absolute Gasteiger partial charge is 0.377 e. The van der Waals surface area contributed by atoms with Gasteiger partial charge in [-0.05, 0) is 38.8 Å². The molecule has 1 saturated carbocycles. The number of hydrogen-bond acceptors (Lipinski definition) is 5. The number of nitrogens with one attached hydrogen (secondary N) is 2. The van der Waals surface area contributed by atoms with Gasteiger partial charge in [-0.3, -0.25) is 0 Å². The van der Waals surface area contributed by atoms with Gasteiger partial charge in [0.2, 0.25) is 10.0 Å². The van der Waals surface area contributed by atoms with Crippen molar-refractivity contribution in [3.05, 3.63) is 17.0 Å². The zero-order chi connectivity index (χ0) is 14.6. The normalized spacial score (nSPS) is 15.9. The van der Waals surface area contributed by atoms with Crippen molar-refractivity contribution >= 4 is 21.4 Å². The Balaban J connectivity index is 1.81. The SMILES string of the molecule is CC(C)OCCNS(=O)(=O)c1ccc(CNC2CC2)s1. The summed E-state index contributed by atoms with van der Waals surface area (Å²) < 4.78 is 32.4. The minimum Gasteiger partial charge on any atom is -0.377 e. The fraction of sp³-hybridized carbons (Fsp3) is 0.692. The summed E-state index contributed by atoms with van der Waals surface area (Å²) in [7, 11) is -3.40. The molecule has 1 aromatic rings. The molecule has 20 heavy (non-hydrogen) atoms. The molecule has 0 bridgehead atoms. The molecule has 1 aliphatic rings. The number of thiophene rings is 1. The fourth-order valence-corrected chi connectivity index (χ4v) is 4.04. The Kier molecular flexibility index (Phi) is 5.57. The molecule has 5 nitrogen and oxygen atoms in total. The summed E-state index contributed by atoms with van der Waals surface area (Å²) >= 11 is 1.32. The molecule has 0 unspecified atom stereocenters. The molecule has 0 amide bonds. The third-order valence-corrected chi connectivity index (χ3v) is 5.93. The Morgan fingerprint density at radius 3 is 2.80 bits per heavy atom. The first-order valence-corrected chi connectivity index (χ1v) is 9.21. The van der Waals surface area contributed by atoms with Crippen LogP contribution in [-0.4, -0.2) is 33.7 Å². The van der Waals surface area contributed by atoms with E-state index < -0.39 is 10.0 Å². The molecule has 1 aliphatic carbocycles. The molecule has 0 aromatic carbocycles. The van der Waals surface area contributed by atoms with Crippen LogP contribution in [0.15, 0.2) is 16.3 Å². The first-order chi connectivity index (χ1) is 9.47. The molecule has 0 saturated heterocycles. The second kappa shape index (κ2) is 7.00. The minimum atomic E-state index is -3.40.